The molecule has 3 heterocycles. The number of aromatic nitrogens is 3. The zero-order valence-electron chi connectivity index (χ0n) is 17.6. The van der Waals surface area contributed by atoms with Gasteiger partial charge in [0.1, 0.15) is 5.82 Å². The fraction of sp³-hybridized carbons (Fsp3) is 0.348. The largest absolute Gasteiger partial charge is 0.463 e. The summed E-state index contributed by atoms with van der Waals surface area (Å²) >= 11 is 0. The Hall–Kier alpha value is -3.39. The summed E-state index contributed by atoms with van der Waals surface area (Å²) < 4.78 is 11.3. The average molecular weight is 419 g/mol. The van der Waals surface area contributed by atoms with Gasteiger partial charge in [0, 0.05) is 37.5 Å². The highest BCUT2D eigenvalue weighted by molar-refractivity contribution is 5.47. The number of aryl methyl sites for hydroxylation is 1. The van der Waals surface area contributed by atoms with E-state index in [0.717, 1.165) is 30.2 Å². The lowest BCUT2D eigenvalue weighted by molar-refractivity contribution is 0.122. The van der Waals surface area contributed by atoms with Crippen LogP contribution in [0.5, 0.6) is 6.01 Å². The van der Waals surface area contributed by atoms with Crippen molar-refractivity contribution in [2.24, 2.45) is 10.2 Å². The summed E-state index contributed by atoms with van der Waals surface area (Å²) in [7, 11) is 0. The molecule has 4 rings (SSSR count). The van der Waals surface area contributed by atoms with Crippen LogP contribution in [0.25, 0.3) is 0 Å². The second-order valence-corrected chi connectivity index (χ2v) is 7.27. The molecule has 1 aromatic carbocycles. The Morgan fingerprint density at radius 2 is 1.97 bits per heavy atom. The number of rotatable bonds is 8. The zero-order valence-corrected chi connectivity index (χ0v) is 17.6. The molecule has 0 atom stereocenters. The predicted molar refractivity (Wildman–Crippen MR) is 118 cm³/mol. The molecule has 0 saturated carbocycles. The smallest absolute Gasteiger partial charge is 0.320 e. The summed E-state index contributed by atoms with van der Waals surface area (Å²) in [5, 5.41) is 8.67. The van der Waals surface area contributed by atoms with Crippen LogP contribution >= 0.6 is 0 Å². The van der Waals surface area contributed by atoms with Gasteiger partial charge in [0.15, 0.2) is 5.82 Å². The van der Waals surface area contributed by atoms with E-state index in [4.69, 9.17) is 9.47 Å². The molecule has 1 fully saturated rings. The van der Waals surface area contributed by atoms with Gasteiger partial charge in [-0.2, -0.15) is 15.1 Å². The van der Waals surface area contributed by atoms with Gasteiger partial charge in [-0.1, -0.05) is 35.9 Å². The number of hydrogen-bond donors (Lipinski definition) is 0. The van der Waals surface area contributed by atoms with Gasteiger partial charge in [-0.15, -0.1) is 5.11 Å². The van der Waals surface area contributed by atoms with E-state index in [0.29, 0.717) is 44.6 Å². The Morgan fingerprint density at radius 1 is 1.06 bits per heavy atom. The molecule has 3 aromatic rings. The highest BCUT2D eigenvalue weighted by Crippen LogP contribution is 2.23. The molecule has 0 N–H and O–H groups in total. The second kappa shape index (κ2) is 10.6. The maximum Gasteiger partial charge on any atom is 0.320 e. The Kier molecular flexibility index (Phi) is 7.12. The van der Waals surface area contributed by atoms with Crippen molar-refractivity contribution in [1.82, 2.24) is 15.0 Å². The molecule has 0 spiro atoms. The van der Waals surface area contributed by atoms with Gasteiger partial charge >= 0.3 is 6.01 Å². The van der Waals surface area contributed by atoms with E-state index in [2.05, 4.69) is 49.1 Å². The van der Waals surface area contributed by atoms with Gasteiger partial charge in [-0.3, -0.25) is 4.98 Å². The number of ether oxygens (including phenoxy) is 2. The summed E-state index contributed by atoms with van der Waals surface area (Å²) in [6, 6.07) is 16.2. The van der Waals surface area contributed by atoms with Crippen LogP contribution in [-0.2, 0) is 17.7 Å². The van der Waals surface area contributed by atoms with Gasteiger partial charge in [-0.05, 0) is 24.6 Å². The predicted octanol–water partition coefficient (Wildman–Crippen LogP) is 3.92. The fourth-order valence-corrected chi connectivity index (χ4v) is 3.26. The van der Waals surface area contributed by atoms with Crippen LogP contribution in [0.2, 0.25) is 0 Å². The third-order valence-corrected chi connectivity index (χ3v) is 4.84. The van der Waals surface area contributed by atoms with Crippen molar-refractivity contribution in [2.45, 2.75) is 19.9 Å². The normalized spacial score (nSPS) is 14.2. The molecule has 0 radical (unpaired) electrons. The summed E-state index contributed by atoms with van der Waals surface area (Å²) in [4.78, 5) is 15.5. The molecule has 31 heavy (non-hydrogen) atoms. The minimum Gasteiger partial charge on any atom is -0.463 e. The number of pyridine rings is 1. The minimum absolute atomic E-state index is 0.296. The molecule has 0 bridgehead atoms. The Balaban J connectivity index is 1.47. The maximum absolute atomic E-state index is 5.84. The van der Waals surface area contributed by atoms with E-state index < -0.39 is 0 Å². The van der Waals surface area contributed by atoms with Crippen molar-refractivity contribution in [1.29, 1.82) is 0 Å². The van der Waals surface area contributed by atoms with Crippen molar-refractivity contribution in [3.8, 4) is 6.01 Å². The Labute approximate surface area is 182 Å². The van der Waals surface area contributed by atoms with Gasteiger partial charge in [-0.25, -0.2) is 0 Å². The van der Waals surface area contributed by atoms with E-state index in [1.54, 1.807) is 6.20 Å². The number of morpholine rings is 1. The van der Waals surface area contributed by atoms with E-state index in [1.807, 2.05) is 36.4 Å². The van der Waals surface area contributed by atoms with E-state index in [1.165, 1.54) is 5.56 Å². The van der Waals surface area contributed by atoms with E-state index in [-0.39, 0.29) is 0 Å². The monoisotopic (exact) mass is 418 g/mol. The third-order valence-electron chi connectivity index (χ3n) is 4.84. The minimum atomic E-state index is 0.296. The lowest BCUT2D eigenvalue weighted by Crippen LogP contribution is -2.36. The first-order chi connectivity index (χ1) is 15.3. The van der Waals surface area contributed by atoms with Crippen LogP contribution in [0.1, 0.15) is 16.8 Å². The third kappa shape index (κ3) is 6.29. The number of benzene rings is 1. The van der Waals surface area contributed by atoms with Crippen molar-refractivity contribution in [3.63, 3.8) is 0 Å². The van der Waals surface area contributed by atoms with E-state index in [9.17, 15) is 0 Å². The molecule has 0 aliphatic carbocycles. The SMILES string of the molecule is Cc1cccc(CN=Nc2cc(N3CCOCC3)nc(OCCc3ccccn3)n2)c1. The van der Waals surface area contributed by atoms with Gasteiger partial charge < -0.3 is 14.4 Å². The van der Waals surface area contributed by atoms with Crippen LogP contribution in [-0.4, -0.2) is 47.9 Å². The Morgan fingerprint density at radius 3 is 2.77 bits per heavy atom. The second-order valence-electron chi connectivity index (χ2n) is 7.27. The average Bonchev–Trinajstić information content (AvgIpc) is 2.80. The maximum atomic E-state index is 5.84. The van der Waals surface area contributed by atoms with Gasteiger partial charge in [0.25, 0.3) is 0 Å². The van der Waals surface area contributed by atoms with Crippen LogP contribution < -0.4 is 9.64 Å². The Bertz CT molecular complexity index is 1010. The van der Waals surface area contributed by atoms with Crippen LogP contribution in [0.15, 0.2) is 65.0 Å². The fourth-order valence-electron chi connectivity index (χ4n) is 3.26. The first-order valence-corrected chi connectivity index (χ1v) is 10.4. The molecule has 1 saturated heterocycles. The summed E-state index contributed by atoms with van der Waals surface area (Å²) in [6.45, 7) is 5.87. The summed E-state index contributed by atoms with van der Waals surface area (Å²) in [5.41, 5.74) is 3.27. The molecule has 8 nitrogen and oxygen atoms in total. The van der Waals surface area contributed by atoms with Crippen LogP contribution in [0, 0.1) is 6.92 Å². The molecule has 0 unspecified atom stereocenters. The lowest BCUT2D eigenvalue weighted by Gasteiger charge is -2.27. The van der Waals surface area contributed by atoms with Crippen molar-refractivity contribution in [2.75, 3.05) is 37.8 Å². The molecule has 2 aromatic heterocycles. The first-order valence-electron chi connectivity index (χ1n) is 10.4. The first kappa shape index (κ1) is 20.9. The van der Waals surface area contributed by atoms with Gasteiger partial charge in [0.2, 0.25) is 0 Å². The molecule has 160 valence electrons. The van der Waals surface area contributed by atoms with E-state index >= 15 is 0 Å². The van der Waals surface area contributed by atoms with Gasteiger partial charge in [0.05, 0.1) is 26.4 Å². The zero-order chi connectivity index (χ0) is 21.3. The molecular formula is C23H26N6O2. The highest BCUT2D eigenvalue weighted by atomic mass is 16.5. The highest BCUT2D eigenvalue weighted by Gasteiger charge is 2.15. The molecular weight excluding hydrogens is 392 g/mol. The van der Waals surface area contributed by atoms with Crippen molar-refractivity contribution < 1.29 is 9.47 Å². The summed E-state index contributed by atoms with van der Waals surface area (Å²) in [5.74, 6) is 1.26. The van der Waals surface area contributed by atoms with Crippen molar-refractivity contribution in [3.05, 3.63) is 71.5 Å². The quantitative estimate of drug-likeness (QED) is 0.516. The molecule has 0 amide bonds. The molecule has 1 aliphatic heterocycles. The lowest BCUT2D eigenvalue weighted by atomic mass is 10.1. The van der Waals surface area contributed by atoms with Crippen molar-refractivity contribution >= 4 is 11.6 Å². The number of hydrogen-bond acceptors (Lipinski definition) is 8. The van der Waals surface area contributed by atoms with Crippen LogP contribution in [0.3, 0.4) is 0 Å². The number of nitrogens with zero attached hydrogens (tertiary/aromatic N) is 6. The topological polar surface area (TPSA) is 85.1 Å². The molecule has 1 aliphatic rings. The standard InChI is InChI=1S/C23H26N6O2/c1-18-5-4-6-19(15-18)17-25-28-21-16-22(29-10-13-30-14-11-29)27-23(26-21)31-12-8-20-7-2-3-9-24-20/h2-7,9,15-16H,8,10-14,17H2,1H3. The molecule has 8 heteroatoms. The summed E-state index contributed by atoms with van der Waals surface area (Å²) in [6.07, 6.45) is 2.45. The number of anilines is 1. The van der Waals surface area contributed by atoms with Crippen LogP contribution in [0.4, 0.5) is 11.6 Å². The number of azo groups is 1.